The first-order valence-corrected chi connectivity index (χ1v) is 7.69. The molecule has 2 heterocycles. The van der Waals surface area contributed by atoms with Crippen molar-refractivity contribution in [3.63, 3.8) is 0 Å². The van der Waals surface area contributed by atoms with E-state index in [2.05, 4.69) is 15.4 Å². The number of carbonyl (C=O) groups excluding carboxylic acids is 1. The molecule has 0 aliphatic carbocycles. The second-order valence-electron chi connectivity index (χ2n) is 5.87. The normalized spacial score (nSPS) is 28.9. The average molecular weight is 282 g/mol. The molecule has 20 heavy (non-hydrogen) atoms. The number of carbonyl (C=O) groups is 1. The Bertz CT molecular complexity index is 372. The Balaban J connectivity index is 1.95. The van der Waals surface area contributed by atoms with Crippen molar-refractivity contribution >= 4 is 11.7 Å². The number of oxime groups is 1. The smallest absolute Gasteiger partial charge is 0.231 e. The van der Waals surface area contributed by atoms with Crippen LogP contribution in [0.2, 0.25) is 0 Å². The van der Waals surface area contributed by atoms with Crippen molar-refractivity contribution in [2.24, 2.45) is 16.8 Å². The molecule has 0 saturated carbocycles. The zero-order chi connectivity index (χ0) is 14.5. The minimum Gasteiger partial charge on any atom is -0.409 e. The lowest BCUT2D eigenvalue weighted by molar-refractivity contribution is -0.124. The van der Waals surface area contributed by atoms with E-state index in [0.29, 0.717) is 12.5 Å². The molecule has 0 aromatic heterocycles. The summed E-state index contributed by atoms with van der Waals surface area (Å²) in [4.78, 5) is 14.8. The predicted octanol–water partition coefficient (Wildman–Crippen LogP) is 0.892. The zero-order valence-corrected chi connectivity index (χ0v) is 12.2. The molecule has 6 heteroatoms. The molecule has 3 atom stereocenters. The molecule has 0 spiro atoms. The van der Waals surface area contributed by atoms with Crippen LogP contribution in [0, 0.1) is 5.92 Å². The lowest BCUT2D eigenvalue weighted by Gasteiger charge is -2.33. The number of nitrogens with zero attached hydrogens (tertiary/aromatic N) is 2. The molecule has 0 radical (unpaired) electrons. The highest BCUT2D eigenvalue weighted by Crippen LogP contribution is 2.27. The largest absolute Gasteiger partial charge is 0.409 e. The fourth-order valence-electron chi connectivity index (χ4n) is 3.47. The fraction of sp³-hybridized carbons (Fsp3) is 0.857. The maximum Gasteiger partial charge on any atom is 0.231 e. The molecule has 1 amide bonds. The Morgan fingerprint density at radius 3 is 2.95 bits per heavy atom. The summed E-state index contributed by atoms with van der Waals surface area (Å²) in [5.41, 5.74) is 5.64. The summed E-state index contributed by atoms with van der Waals surface area (Å²) in [5, 5.41) is 14.9. The zero-order valence-electron chi connectivity index (χ0n) is 12.2. The van der Waals surface area contributed by atoms with Crippen molar-refractivity contribution in [3.8, 4) is 0 Å². The van der Waals surface area contributed by atoms with Gasteiger partial charge in [0.2, 0.25) is 5.91 Å². The number of nitrogens with two attached hydrogens (primary N) is 1. The fourth-order valence-corrected chi connectivity index (χ4v) is 3.47. The molecule has 4 N–H and O–H groups in total. The number of hydrogen-bond donors (Lipinski definition) is 3. The van der Waals surface area contributed by atoms with E-state index in [-0.39, 0.29) is 17.8 Å². The second kappa shape index (κ2) is 6.92. The Labute approximate surface area is 120 Å². The van der Waals surface area contributed by atoms with Gasteiger partial charge in [-0.15, -0.1) is 0 Å². The summed E-state index contributed by atoms with van der Waals surface area (Å²) >= 11 is 0. The Kier molecular flexibility index (Phi) is 5.23. The van der Waals surface area contributed by atoms with Crippen LogP contribution in [-0.4, -0.2) is 47.0 Å². The maximum atomic E-state index is 12.4. The van der Waals surface area contributed by atoms with E-state index in [1.165, 1.54) is 12.8 Å². The summed E-state index contributed by atoms with van der Waals surface area (Å²) < 4.78 is 0. The van der Waals surface area contributed by atoms with Gasteiger partial charge in [0.1, 0.15) is 0 Å². The predicted molar refractivity (Wildman–Crippen MR) is 77.6 cm³/mol. The van der Waals surface area contributed by atoms with Crippen LogP contribution in [0.15, 0.2) is 5.16 Å². The van der Waals surface area contributed by atoms with Crippen LogP contribution in [-0.2, 0) is 4.79 Å². The molecule has 0 aromatic rings. The minimum absolute atomic E-state index is 0.0165. The van der Waals surface area contributed by atoms with Crippen molar-refractivity contribution in [3.05, 3.63) is 0 Å². The molecule has 114 valence electrons. The van der Waals surface area contributed by atoms with Gasteiger partial charge in [-0.2, -0.15) is 0 Å². The van der Waals surface area contributed by atoms with E-state index < -0.39 is 5.92 Å². The number of nitrogens with one attached hydrogen (secondary N) is 1. The molecule has 0 bridgehead atoms. The van der Waals surface area contributed by atoms with Gasteiger partial charge in [0.15, 0.2) is 5.84 Å². The number of hydrogen-bond acceptors (Lipinski definition) is 4. The Hall–Kier alpha value is -1.30. The van der Waals surface area contributed by atoms with Gasteiger partial charge in [-0.25, -0.2) is 0 Å². The molecule has 0 aromatic carbocycles. The van der Waals surface area contributed by atoms with Crippen molar-refractivity contribution < 1.29 is 10.0 Å². The van der Waals surface area contributed by atoms with Crippen LogP contribution < -0.4 is 11.1 Å². The summed E-state index contributed by atoms with van der Waals surface area (Å²) in [5.74, 6) is -0.593. The van der Waals surface area contributed by atoms with Gasteiger partial charge in [-0.1, -0.05) is 24.9 Å². The summed E-state index contributed by atoms with van der Waals surface area (Å²) in [6.45, 7) is 4.21. The lowest BCUT2D eigenvalue weighted by Crippen LogP contribution is -2.50. The number of rotatable bonds is 5. The van der Waals surface area contributed by atoms with E-state index in [0.717, 1.165) is 32.4 Å². The van der Waals surface area contributed by atoms with E-state index >= 15 is 0 Å². The third-order valence-electron chi connectivity index (χ3n) is 4.55. The van der Waals surface area contributed by atoms with Gasteiger partial charge in [-0.3, -0.25) is 9.69 Å². The lowest BCUT2D eigenvalue weighted by atomic mass is 9.97. The van der Waals surface area contributed by atoms with Gasteiger partial charge < -0.3 is 16.3 Å². The van der Waals surface area contributed by atoms with Crippen molar-refractivity contribution in [1.29, 1.82) is 0 Å². The van der Waals surface area contributed by atoms with Gasteiger partial charge >= 0.3 is 0 Å². The van der Waals surface area contributed by atoms with Crippen LogP contribution >= 0.6 is 0 Å². The molecule has 2 aliphatic heterocycles. The Morgan fingerprint density at radius 2 is 2.25 bits per heavy atom. The third kappa shape index (κ3) is 3.23. The van der Waals surface area contributed by atoms with Crippen molar-refractivity contribution in [2.75, 3.05) is 13.1 Å². The van der Waals surface area contributed by atoms with E-state index in [1.54, 1.807) is 0 Å². The molecular formula is C14H26N4O2. The van der Waals surface area contributed by atoms with Gasteiger partial charge in [0.25, 0.3) is 0 Å². The van der Waals surface area contributed by atoms with E-state index in [4.69, 9.17) is 10.9 Å². The molecular weight excluding hydrogens is 256 g/mol. The van der Waals surface area contributed by atoms with Gasteiger partial charge in [-0.05, 0) is 32.2 Å². The topological polar surface area (TPSA) is 91.0 Å². The van der Waals surface area contributed by atoms with E-state index in [9.17, 15) is 4.79 Å². The standard InChI is InChI=1S/C14H26N4O2/c1-2-5-10(13(15)17-20)14(19)16-11-7-9-18-8-4-3-6-12(11)18/h10-12,20H,2-9H2,1H3,(H2,15,17)(H,16,19). The quantitative estimate of drug-likeness (QED) is 0.302. The van der Waals surface area contributed by atoms with Crippen LogP contribution in [0.4, 0.5) is 0 Å². The number of fused-ring (bicyclic) bond motifs is 1. The number of piperidine rings is 1. The molecule has 3 unspecified atom stereocenters. The maximum absolute atomic E-state index is 12.4. The minimum atomic E-state index is -0.511. The Morgan fingerprint density at radius 1 is 1.45 bits per heavy atom. The first kappa shape index (κ1) is 15.1. The van der Waals surface area contributed by atoms with Crippen LogP contribution in [0.1, 0.15) is 45.4 Å². The van der Waals surface area contributed by atoms with Crippen LogP contribution in [0.3, 0.4) is 0 Å². The van der Waals surface area contributed by atoms with Crippen LogP contribution in [0.25, 0.3) is 0 Å². The molecule has 6 nitrogen and oxygen atoms in total. The second-order valence-corrected chi connectivity index (χ2v) is 5.87. The number of amidine groups is 1. The van der Waals surface area contributed by atoms with E-state index in [1.807, 2.05) is 6.92 Å². The summed E-state index contributed by atoms with van der Waals surface area (Å²) in [6, 6.07) is 0.691. The van der Waals surface area contributed by atoms with Crippen molar-refractivity contribution in [2.45, 2.75) is 57.5 Å². The average Bonchev–Trinajstić information content (AvgIpc) is 2.87. The molecule has 2 fully saturated rings. The third-order valence-corrected chi connectivity index (χ3v) is 4.55. The summed E-state index contributed by atoms with van der Waals surface area (Å²) in [6.07, 6.45) is 6.11. The van der Waals surface area contributed by atoms with Gasteiger partial charge in [0.05, 0.1) is 5.92 Å². The molecule has 2 rings (SSSR count). The van der Waals surface area contributed by atoms with Crippen LogP contribution in [0.5, 0.6) is 0 Å². The monoisotopic (exact) mass is 282 g/mol. The molecule has 2 saturated heterocycles. The van der Waals surface area contributed by atoms with Crippen molar-refractivity contribution in [1.82, 2.24) is 10.2 Å². The SMILES string of the molecule is CCCC(C(=O)NC1CCN2CCCCC12)C(N)=NO. The highest BCUT2D eigenvalue weighted by molar-refractivity contribution is 6.02. The highest BCUT2D eigenvalue weighted by Gasteiger charge is 2.37. The summed E-state index contributed by atoms with van der Waals surface area (Å²) in [7, 11) is 0. The first-order valence-electron chi connectivity index (χ1n) is 7.69. The molecule has 2 aliphatic rings. The first-order chi connectivity index (χ1) is 9.67. The number of amides is 1. The highest BCUT2D eigenvalue weighted by atomic mass is 16.4. The van der Waals surface area contributed by atoms with Gasteiger partial charge in [0, 0.05) is 18.6 Å².